The first-order valence-electron chi connectivity index (χ1n) is 7.10. The van der Waals surface area contributed by atoms with E-state index in [9.17, 15) is 9.18 Å². The van der Waals surface area contributed by atoms with E-state index in [2.05, 4.69) is 13.8 Å². The molecular formula is C16H25FN2O. The molecule has 0 aliphatic carbocycles. The number of carbonyl (C=O) groups is 1. The number of nitrogens with two attached hydrogens (primary N) is 1. The Morgan fingerprint density at radius 2 is 1.90 bits per heavy atom. The highest BCUT2D eigenvalue weighted by atomic mass is 19.1. The topological polar surface area (TPSA) is 46.3 Å². The summed E-state index contributed by atoms with van der Waals surface area (Å²) in [5.41, 5.74) is 6.49. The minimum atomic E-state index is -0.282. The van der Waals surface area contributed by atoms with Crippen LogP contribution in [0.5, 0.6) is 0 Å². The highest BCUT2D eigenvalue weighted by Gasteiger charge is 2.23. The van der Waals surface area contributed by atoms with Crippen molar-refractivity contribution < 1.29 is 9.18 Å². The summed E-state index contributed by atoms with van der Waals surface area (Å²) in [5, 5.41) is 0. The van der Waals surface area contributed by atoms with Gasteiger partial charge in [-0.3, -0.25) is 4.79 Å². The van der Waals surface area contributed by atoms with Crippen LogP contribution in [0, 0.1) is 11.2 Å². The first-order valence-corrected chi connectivity index (χ1v) is 7.10. The van der Waals surface area contributed by atoms with E-state index in [-0.39, 0.29) is 17.1 Å². The van der Waals surface area contributed by atoms with Gasteiger partial charge in [-0.25, -0.2) is 4.39 Å². The van der Waals surface area contributed by atoms with Gasteiger partial charge in [0.1, 0.15) is 5.82 Å². The van der Waals surface area contributed by atoms with Crippen molar-refractivity contribution in [3.63, 3.8) is 0 Å². The Bertz CT molecular complexity index is 429. The quantitative estimate of drug-likeness (QED) is 0.834. The van der Waals surface area contributed by atoms with Crippen molar-refractivity contribution in [3.05, 3.63) is 35.6 Å². The van der Waals surface area contributed by atoms with E-state index >= 15 is 0 Å². The summed E-state index contributed by atoms with van der Waals surface area (Å²) in [6, 6.07) is 6.09. The van der Waals surface area contributed by atoms with Gasteiger partial charge in [0.05, 0.1) is 6.42 Å². The second kappa shape index (κ2) is 7.39. The van der Waals surface area contributed by atoms with Crippen LogP contribution in [-0.4, -0.2) is 30.4 Å². The summed E-state index contributed by atoms with van der Waals surface area (Å²) >= 11 is 0. The minimum Gasteiger partial charge on any atom is -0.342 e. The molecule has 0 spiro atoms. The number of nitrogens with zero attached hydrogens (tertiary/aromatic N) is 1. The number of halogens is 1. The molecule has 0 atom stereocenters. The van der Waals surface area contributed by atoms with Gasteiger partial charge in [0.2, 0.25) is 5.91 Å². The maximum Gasteiger partial charge on any atom is 0.227 e. The van der Waals surface area contributed by atoms with Crippen molar-refractivity contribution in [2.24, 2.45) is 11.1 Å². The van der Waals surface area contributed by atoms with E-state index in [1.54, 1.807) is 12.1 Å². The van der Waals surface area contributed by atoms with Crippen molar-refractivity contribution in [3.8, 4) is 0 Å². The standard InChI is InChI=1S/C16H25FN2O/c1-4-9-19(12-16(2,3)11-18)15(20)10-13-5-7-14(17)8-6-13/h5-8H,4,9-12,18H2,1-3H3. The Balaban J connectivity index is 2.71. The van der Waals surface area contributed by atoms with E-state index in [0.29, 0.717) is 19.5 Å². The van der Waals surface area contributed by atoms with E-state index in [4.69, 9.17) is 5.73 Å². The fourth-order valence-corrected chi connectivity index (χ4v) is 2.03. The van der Waals surface area contributed by atoms with Crippen LogP contribution >= 0.6 is 0 Å². The van der Waals surface area contributed by atoms with Crippen molar-refractivity contribution >= 4 is 5.91 Å². The lowest BCUT2D eigenvalue weighted by molar-refractivity contribution is -0.131. The fraction of sp³-hybridized carbons (Fsp3) is 0.562. The van der Waals surface area contributed by atoms with Crippen LogP contribution in [0.4, 0.5) is 4.39 Å². The first-order chi connectivity index (χ1) is 9.38. The van der Waals surface area contributed by atoms with Crippen LogP contribution in [0.15, 0.2) is 24.3 Å². The summed E-state index contributed by atoms with van der Waals surface area (Å²) < 4.78 is 12.9. The van der Waals surface area contributed by atoms with Gasteiger partial charge in [-0.1, -0.05) is 32.9 Å². The molecule has 0 aliphatic rings. The largest absolute Gasteiger partial charge is 0.342 e. The third-order valence-electron chi connectivity index (χ3n) is 3.29. The SMILES string of the molecule is CCCN(CC(C)(C)CN)C(=O)Cc1ccc(F)cc1. The van der Waals surface area contributed by atoms with Crippen LogP contribution in [0.1, 0.15) is 32.8 Å². The van der Waals surface area contributed by atoms with Crippen molar-refractivity contribution in [1.82, 2.24) is 4.90 Å². The van der Waals surface area contributed by atoms with Crippen LogP contribution in [0.3, 0.4) is 0 Å². The van der Waals surface area contributed by atoms with E-state index < -0.39 is 0 Å². The Morgan fingerprint density at radius 3 is 2.40 bits per heavy atom. The molecule has 0 fully saturated rings. The Hall–Kier alpha value is -1.42. The number of hydrogen-bond donors (Lipinski definition) is 1. The van der Waals surface area contributed by atoms with Crippen molar-refractivity contribution in [2.45, 2.75) is 33.6 Å². The first kappa shape index (κ1) is 16.6. The molecule has 0 aliphatic heterocycles. The molecule has 1 aromatic rings. The Morgan fingerprint density at radius 1 is 1.30 bits per heavy atom. The molecule has 4 heteroatoms. The molecular weight excluding hydrogens is 255 g/mol. The van der Waals surface area contributed by atoms with Gasteiger partial charge in [0, 0.05) is 13.1 Å². The fourth-order valence-electron chi connectivity index (χ4n) is 2.03. The van der Waals surface area contributed by atoms with Crippen LogP contribution < -0.4 is 5.73 Å². The van der Waals surface area contributed by atoms with E-state index in [1.165, 1.54) is 12.1 Å². The zero-order chi connectivity index (χ0) is 15.2. The number of hydrogen-bond acceptors (Lipinski definition) is 2. The molecule has 1 amide bonds. The lowest BCUT2D eigenvalue weighted by Crippen LogP contribution is -2.43. The van der Waals surface area contributed by atoms with Crippen molar-refractivity contribution in [1.29, 1.82) is 0 Å². The average molecular weight is 280 g/mol. The van der Waals surface area contributed by atoms with E-state index in [0.717, 1.165) is 18.5 Å². The molecule has 0 unspecified atom stereocenters. The van der Waals surface area contributed by atoms with Gasteiger partial charge in [-0.05, 0) is 36.1 Å². The number of rotatable bonds is 7. The zero-order valence-corrected chi connectivity index (χ0v) is 12.7. The highest BCUT2D eigenvalue weighted by molar-refractivity contribution is 5.78. The molecule has 1 rings (SSSR count). The second-order valence-electron chi connectivity index (χ2n) is 5.99. The van der Waals surface area contributed by atoms with E-state index in [1.807, 2.05) is 11.8 Å². The highest BCUT2D eigenvalue weighted by Crippen LogP contribution is 2.16. The molecule has 0 saturated heterocycles. The molecule has 2 N–H and O–H groups in total. The molecule has 0 radical (unpaired) electrons. The van der Waals surface area contributed by atoms with Gasteiger partial charge in [-0.2, -0.15) is 0 Å². The Kier molecular flexibility index (Phi) is 6.14. The summed E-state index contributed by atoms with van der Waals surface area (Å²) in [4.78, 5) is 14.2. The third-order valence-corrected chi connectivity index (χ3v) is 3.29. The molecule has 3 nitrogen and oxygen atoms in total. The molecule has 112 valence electrons. The number of amides is 1. The van der Waals surface area contributed by atoms with Crippen molar-refractivity contribution in [2.75, 3.05) is 19.6 Å². The van der Waals surface area contributed by atoms with Gasteiger partial charge < -0.3 is 10.6 Å². The molecule has 1 aromatic carbocycles. The van der Waals surface area contributed by atoms with Gasteiger partial charge in [-0.15, -0.1) is 0 Å². The maximum absolute atomic E-state index is 12.9. The predicted molar refractivity (Wildman–Crippen MR) is 79.8 cm³/mol. The zero-order valence-electron chi connectivity index (χ0n) is 12.7. The summed E-state index contributed by atoms with van der Waals surface area (Å²) in [6.07, 6.45) is 1.22. The molecule has 0 bridgehead atoms. The summed E-state index contributed by atoms with van der Waals surface area (Å²) in [7, 11) is 0. The van der Waals surface area contributed by atoms with Gasteiger partial charge in [0.15, 0.2) is 0 Å². The van der Waals surface area contributed by atoms with Crippen LogP contribution in [-0.2, 0) is 11.2 Å². The lowest BCUT2D eigenvalue weighted by Gasteiger charge is -2.31. The number of carbonyl (C=O) groups excluding carboxylic acids is 1. The average Bonchev–Trinajstić information content (AvgIpc) is 2.40. The van der Waals surface area contributed by atoms with Gasteiger partial charge in [0.25, 0.3) is 0 Å². The third kappa shape index (κ3) is 5.29. The molecule has 0 saturated carbocycles. The van der Waals surface area contributed by atoms with Crippen LogP contribution in [0.25, 0.3) is 0 Å². The molecule has 20 heavy (non-hydrogen) atoms. The summed E-state index contributed by atoms with van der Waals surface area (Å²) in [5.74, 6) is -0.212. The number of benzene rings is 1. The normalized spacial score (nSPS) is 11.4. The Labute approximate surface area is 121 Å². The minimum absolute atomic E-state index is 0.0694. The van der Waals surface area contributed by atoms with Gasteiger partial charge >= 0.3 is 0 Å². The smallest absolute Gasteiger partial charge is 0.227 e. The molecule has 0 heterocycles. The molecule has 0 aromatic heterocycles. The monoisotopic (exact) mass is 280 g/mol. The predicted octanol–water partition coefficient (Wildman–Crippen LogP) is 2.59. The van der Waals surface area contributed by atoms with Crippen LogP contribution in [0.2, 0.25) is 0 Å². The maximum atomic E-state index is 12.9. The second-order valence-corrected chi connectivity index (χ2v) is 5.99. The summed E-state index contributed by atoms with van der Waals surface area (Å²) in [6.45, 7) is 8.08. The lowest BCUT2D eigenvalue weighted by atomic mass is 9.92.